The van der Waals surface area contributed by atoms with Crippen LogP contribution in [0.1, 0.15) is 48.4 Å². The SMILES string of the molecule is C[C@@H](C1=C(P(c2ccc(C(F)(F)F)cc2)c2ccc(C(F)(F)F)cc2)CCC1)P(c1ccc(C(F)(F)F)cc1)c1ccc(C(F)(F)F)cc1. The molecule has 0 heterocycles. The molecule has 0 nitrogen and oxygen atoms in total. The molecule has 0 unspecified atom stereocenters. The molecule has 49 heavy (non-hydrogen) atoms. The van der Waals surface area contributed by atoms with Gasteiger partial charge in [-0.3, -0.25) is 0 Å². The Morgan fingerprint density at radius 3 is 1.00 bits per heavy atom. The summed E-state index contributed by atoms with van der Waals surface area (Å²) in [6, 6.07) is 17.6. The number of alkyl halides is 12. The van der Waals surface area contributed by atoms with Crippen molar-refractivity contribution in [2.24, 2.45) is 0 Å². The van der Waals surface area contributed by atoms with Gasteiger partial charge in [-0.25, -0.2) is 0 Å². The summed E-state index contributed by atoms with van der Waals surface area (Å²) in [6.07, 6.45) is -17.0. The summed E-state index contributed by atoms with van der Waals surface area (Å²) in [7, 11) is -3.30. The van der Waals surface area contributed by atoms with Gasteiger partial charge < -0.3 is 0 Å². The summed E-state index contributed by atoms with van der Waals surface area (Å²) in [4.78, 5) is 0. The molecule has 1 atom stereocenters. The van der Waals surface area contributed by atoms with Gasteiger partial charge >= 0.3 is 24.7 Å². The Labute approximate surface area is 276 Å². The van der Waals surface area contributed by atoms with Crippen molar-refractivity contribution in [2.45, 2.75) is 56.6 Å². The van der Waals surface area contributed by atoms with E-state index >= 15 is 0 Å². The zero-order valence-corrected chi connectivity index (χ0v) is 27.2. The summed E-state index contributed by atoms with van der Waals surface area (Å²) in [5.74, 6) is 0. The number of benzene rings is 4. The summed E-state index contributed by atoms with van der Waals surface area (Å²) in [5, 5.41) is 2.63. The van der Waals surface area contributed by atoms with Crippen LogP contribution in [0.25, 0.3) is 0 Å². The lowest BCUT2D eigenvalue weighted by atomic mass is 10.2. The largest absolute Gasteiger partial charge is 0.416 e. The molecule has 14 heteroatoms. The lowest BCUT2D eigenvalue weighted by Gasteiger charge is -2.30. The first-order valence-corrected chi connectivity index (χ1v) is 17.5. The first kappa shape index (κ1) is 36.9. The minimum atomic E-state index is -4.62. The third kappa shape index (κ3) is 8.34. The van der Waals surface area contributed by atoms with E-state index in [0.717, 1.165) is 59.4 Å². The fourth-order valence-electron chi connectivity index (χ4n) is 5.89. The molecule has 0 bridgehead atoms. The fraction of sp³-hybridized carbons (Fsp3) is 0.257. The highest BCUT2D eigenvalue weighted by atomic mass is 31.1. The van der Waals surface area contributed by atoms with Crippen LogP contribution in [0.15, 0.2) is 108 Å². The van der Waals surface area contributed by atoms with Crippen molar-refractivity contribution >= 4 is 37.1 Å². The average Bonchev–Trinajstić information content (AvgIpc) is 3.50. The Morgan fingerprint density at radius 1 is 0.429 bits per heavy atom. The summed E-state index contributed by atoms with van der Waals surface area (Å²) >= 11 is 0. The van der Waals surface area contributed by atoms with Crippen LogP contribution in [0, 0.1) is 0 Å². The van der Waals surface area contributed by atoms with Crippen LogP contribution in [0.2, 0.25) is 0 Å². The lowest BCUT2D eigenvalue weighted by Crippen LogP contribution is -2.23. The van der Waals surface area contributed by atoms with Crippen LogP contribution in [-0.2, 0) is 24.7 Å². The van der Waals surface area contributed by atoms with Gasteiger partial charge in [0.15, 0.2) is 0 Å². The highest BCUT2D eigenvalue weighted by molar-refractivity contribution is 7.77. The maximum absolute atomic E-state index is 13.4. The minimum Gasteiger partial charge on any atom is -0.166 e. The molecule has 0 saturated carbocycles. The van der Waals surface area contributed by atoms with E-state index in [1.54, 1.807) is 0 Å². The van der Waals surface area contributed by atoms with Gasteiger partial charge in [0.1, 0.15) is 0 Å². The number of hydrogen-bond donors (Lipinski definition) is 0. The van der Waals surface area contributed by atoms with Gasteiger partial charge in [-0.05, 0) is 110 Å². The third-order valence-electron chi connectivity index (χ3n) is 8.24. The fourth-order valence-corrected chi connectivity index (χ4v) is 11.5. The highest BCUT2D eigenvalue weighted by Crippen LogP contribution is 2.56. The van der Waals surface area contributed by atoms with Crippen molar-refractivity contribution in [3.63, 3.8) is 0 Å². The van der Waals surface area contributed by atoms with E-state index in [-0.39, 0.29) is 0 Å². The monoisotopic (exact) mass is 736 g/mol. The van der Waals surface area contributed by atoms with Crippen molar-refractivity contribution in [1.29, 1.82) is 0 Å². The second-order valence-electron chi connectivity index (χ2n) is 11.4. The van der Waals surface area contributed by atoms with Crippen molar-refractivity contribution < 1.29 is 52.7 Å². The second kappa shape index (κ2) is 13.7. The van der Waals surface area contributed by atoms with Gasteiger partial charge in [0.2, 0.25) is 0 Å². The van der Waals surface area contributed by atoms with Crippen molar-refractivity contribution in [3.8, 4) is 0 Å². The van der Waals surface area contributed by atoms with Crippen LogP contribution in [0.3, 0.4) is 0 Å². The molecule has 1 aliphatic rings. The third-order valence-corrected chi connectivity index (χ3v) is 13.7. The van der Waals surface area contributed by atoms with Crippen LogP contribution in [-0.4, -0.2) is 5.66 Å². The molecule has 1 aliphatic carbocycles. The van der Waals surface area contributed by atoms with Gasteiger partial charge in [0.05, 0.1) is 22.3 Å². The van der Waals surface area contributed by atoms with Gasteiger partial charge in [-0.2, -0.15) is 52.7 Å². The van der Waals surface area contributed by atoms with E-state index < -0.39 is 68.5 Å². The molecule has 0 fully saturated rings. The molecule has 0 aromatic heterocycles. The van der Waals surface area contributed by atoms with Gasteiger partial charge in [-0.15, -0.1) is 0 Å². The molecular weight excluding hydrogens is 710 g/mol. The van der Waals surface area contributed by atoms with Crippen LogP contribution < -0.4 is 21.2 Å². The highest BCUT2D eigenvalue weighted by Gasteiger charge is 2.37. The molecule has 0 aliphatic heterocycles. The average molecular weight is 737 g/mol. The second-order valence-corrected chi connectivity index (χ2v) is 16.2. The van der Waals surface area contributed by atoms with E-state index in [4.69, 9.17) is 0 Å². The number of hydrogen-bond acceptors (Lipinski definition) is 0. The van der Waals surface area contributed by atoms with Crippen LogP contribution in [0.5, 0.6) is 0 Å². The Bertz CT molecular complexity index is 1650. The van der Waals surface area contributed by atoms with Gasteiger partial charge in [0.25, 0.3) is 0 Å². The zero-order chi connectivity index (χ0) is 35.9. The minimum absolute atomic E-state index is 0.455. The summed E-state index contributed by atoms with van der Waals surface area (Å²) in [6.45, 7) is 1.81. The van der Waals surface area contributed by atoms with Crippen LogP contribution >= 0.6 is 15.8 Å². The molecule has 4 aromatic carbocycles. The molecular formula is C35H26F12P2. The first-order chi connectivity index (χ1) is 22.7. The number of rotatable bonds is 7. The first-order valence-electron chi connectivity index (χ1n) is 14.8. The van der Waals surface area contributed by atoms with E-state index in [1.807, 2.05) is 6.92 Å². The number of allylic oxidation sites excluding steroid dienone is 2. The van der Waals surface area contributed by atoms with Crippen molar-refractivity contribution in [1.82, 2.24) is 0 Å². The lowest BCUT2D eigenvalue weighted by molar-refractivity contribution is -0.138. The Hall–Kier alpha value is -3.36. The predicted molar refractivity (Wildman–Crippen MR) is 168 cm³/mol. The molecule has 260 valence electrons. The molecule has 0 spiro atoms. The van der Waals surface area contributed by atoms with E-state index in [1.165, 1.54) is 48.5 Å². The summed E-state index contributed by atoms with van der Waals surface area (Å²) in [5.41, 5.74) is -3.24. The zero-order valence-electron chi connectivity index (χ0n) is 25.4. The standard InChI is InChI=1S/C35H26F12P2/c1-21(48(26-13-5-22(6-14-26)32(36,37)38)27-15-7-23(8-16-27)33(39,40)41)30-3-2-4-31(30)49(28-17-9-24(10-18-28)34(42,43)44)29-19-11-25(12-20-29)35(45,46)47/h5-21H,2-4H2,1H3/t21-/m0/s1. The quantitative estimate of drug-likeness (QED) is 0.131. The molecule has 0 radical (unpaired) electrons. The number of halogens is 12. The Morgan fingerprint density at radius 2 is 0.714 bits per heavy atom. The molecule has 0 saturated heterocycles. The summed E-state index contributed by atoms with van der Waals surface area (Å²) < 4.78 is 161. The normalized spacial score (nSPS) is 15.4. The van der Waals surface area contributed by atoms with Crippen molar-refractivity contribution in [2.75, 3.05) is 0 Å². The van der Waals surface area contributed by atoms with Gasteiger partial charge in [-0.1, -0.05) is 61.0 Å². The Kier molecular flexibility index (Phi) is 10.4. The molecule has 4 aromatic rings. The molecule has 0 N–H and O–H groups in total. The topological polar surface area (TPSA) is 0 Å². The van der Waals surface area contributed by atoms with E-state index in [9.17, 15) is 52.7 Å². The smallest absolute Gasteiger partial charge is 0.166 e. The van der Waals surface area contributed by atoms with Crippen molar-refractivity contribution in [3.05, 3.63) is 130 Å². The van der Waals surface area contributed by atoms with Crippen LogP contribution in [0.4, 0.5) is 52.7 Å². The molecule has 5 rings (SSSR count). The van der Waals surface area contributed by atoms with E-state index in [2.05, 4.69) is 0 Å². The van der Waals surface area contributed by atoms with Gasteiger partial charge in [0, 0.05) is 5.66 Å². The van der Waals surface area contributed by atoms with E-state index in [0.29, 0.717) is 40.5 Å². The Balaban J connectivity index is 1.66. The predicted octanol–water partition coefficient (Wildman–Crippen LogP) is 11.2. The maximum Gasteiger partial charge on any atom is 0.416 e. The molecule has 0 amide bonds. The maximum atomic E-state index is 13.4.